The van der Waals surface area contributed by atoms with Gasteiger partial charge in [-0.1, -0.05) is 18.2 Å². The Morgan fingerprint density at radius 3 is 2.75 bits per heavy atom. The third kappa shape index (κ3) is 2.61. The molecule has 1 fully saturated rings. The number of hydrogen-bond donors (Lipinski definition) is 1. The fourth-order valence-corrected chi connectivity index (χ4v) is 1.71. The van der Waals surface area contributed by atoms with Gasteiger partial charge in [-0.2, -0.15) is 0 Å². The molecule has 0 aromatic heterocycles. The third-order valence-electron chi connectivity index (χ3n) is 2.97. The van der Waals surface area contributed by atoms with Crippen molar-refractivity contribution >= 4 is 11.6 Å². The number of carbonyl (C=O) groups is 1. The van der Waals surface area contributed by atoms with Crippen LogP contribution in [0, 0.1) is 6.92 Å². The molecular weight excluding hydrogens is 200 g/mol. The predicted octanol–water partition coefficient (Wildman–Crippen LogP) is 1.71. The van der Waals surface area contributed by atoms with Gasteiger partial charge in [-0.15, -0.1) is 0 Å². The van der Waals surface area contributed by atoms with Gasteiger partial charge in [-0.3, -0.25) is 4.79 Å². The summed E-state index contributed by atoms with van der Waals surface area (Å²) in [6.45, 7) is 2.46. The Kier molecular flexibility index (Phi) is 3.25. The molecule has 0 heterocycles. The van der Waals surface area contributed by atoms with Crippen molar-refractivity contribution < 1.29 is 4.79 Å². The maximum atomic E-state index is 11.9. The van der Waals surface area contributed by atoms with Crippen molar-refractivity contribution in [3.63, 3.8) is 0 Å². The van der Waals surface area contributed by atoms with E-state index in [4.69, 9.17) is 0 Å². The molecule has 16 heavy (non-hydrogen) atoms. The van der Waals surface area contributed by atoms with E-state index < -0.39 is 0 Å². The number of benzene rings is 1. The number of hydrogen-bond acceptors (Lipinski definition) is 2. The molecule has 1 aromatic carbocycles. The Morgan fingerprint density at radius 1 is 1.44 bits per heavy atom. The standard InChI is InChI=1S/C13H18N2O/c1-10-5-3-4-6-12(10)15(2)13(16)9-14-11-7-8-11/h3-6,11,14H,7-9H2,1-2H3. The van der Waals surface area contributed by atoms with Gasteiger partial charge in [-0.25, -0.2) is 0 Å². The van der Waals surface area contributed by atoms with E-state index in [1.54, 1.807) is 4.90 Å². The minimum atomic E-state index is 0.126. The first-order chi connectivity index (χ1) is 7.68. The van der Waals surface area contributed by atoms with E-state index in [-0.39, 0.29) is 5.91 Å². The molecule has 1 aliphatic carbocycles. The Balaban J connectivity index is 1.97. The van der Waals surface area contributed by atoms with Crippen LogP contribution in [0.2, 0.25) is 0 Å². The zero-order valence-electron chi connectivity index (χ0n) is 9.86. The normalized spacial score (nSPS) is 14.9. The number of anilines is 1. The Hall–Kier alpha value is -1.35. The highest BCUT2D eigenvalue weighted by Gasteiger charge is 2.22. The van der Waals surface area contributed by atoms with Crippen LogP contribution >= 0.6 is 0 Å². The van der Waals surface area contributed by atoms with E-state index in [0.29, 0.717) is 12.6 Å². The number of amides is 1. The number of para-hydroxylation sites is 1. The summed E-state index contributed by atoms with van der Waals surface area (Å²) in [5.41, 5.74) is 2.12. The van der Waals surface area contributed by atoms with Crippen LogP contribution in [0.4, 0.5) is 5.69 Å². The monoisotopic (exact) mass is 218 g/mol. The van der Waals surface area contributed by atoms with Gasteiger partial charge in [0.25, 0.3) is 0 Å². The SMILES string of the molecule is Cc1ccccc1N(C)C(=O)CNC1CC1. The number of nitrogens with zero attached hydrogens (tertiary/aromatic N) is 1. The summed E-state index contributed by atoms with van der Waals surface area (Å²) in [4.78, 5) is 13.6. The topological polar surface area (TPSA) is 32.3 Å². The molecule has 1 saturated carbocycles. The summed E-state index contributed by atoms with van der Waals surface area (Å²) in [6, 6.07) is 8.52. The molecule has 1 aliphatic rings. The summed E-state index contributed by atoms with van der Waals surface area (Å²) in [5.74, 6) is 0.126. The van der Waals surface area contributed by atoms with E-state index in [1.807, 2.05) is 38.2 Å². The maximum absolute atomic E-state index is 11.9. The van der Waals surface area contributed by atoms with Crippen molar-refractivity contribution in [2.75, 3.05) is 18.5 Å². The van der Waals surface area contributed by atoms with Gasteiger partial charge < -0.3 is 10.2 Å². The first kappa shape index (κ1) is 11.1. The lowest BCUT2D eigenvalue weighted by Crippen LogP contribution is -2.36. The van der Waals surface area contributed by atoms with Crippen molar-refractivity contribution in [1.29, 1.82) is 0 Å². The number of rotatable bonds is 4. The molecule has 0 bridgehead atoms. The molecule has 3 heteroatoms. The number of likely N-dealkylation sites (N-methyl/N-ethyl adjacent to an activating group) is 1. The van der Waals surface area contributed by atoms with Gasteiger partial charge in [0.15, 0.2) is 0 Å². The molecule has 0 atom stereocenters. The predicted molar refractivity (Wildman–Crippen MR) is 65.6 cm³/mol. The molecule has 0 aliphatic heterocycles. The summed E-state index contributed by atoms with van der Waals surface area (Å²) < 4.78 is 0. The second kappa shape index (κ2) is 4.66. The molecule has 3 nitrogen and oxygen atoms in total. The summed E-state index contributed by atoms with van der Waals surface area (Å²) >= 11 is 0. The number of nitrogens with one attached hydrogen (secondary N) is 1. The average Bonchev–Trinajstić information content (AvgIpc) is 3.09. The van der Waals surface area contributed by atoms with Crippen molar-refractivity contribution in [3.8, 4) is 0 Å². The van der Waals surface area contributed by atoms with Gasteiger partial charge in [0.1, 0.15) is 0 Å². The van der Waals surface area contributed by atoms with Crippen LogP contribution < -0.4 is 10.2 Å². The zero-order valence-corrected chi connectivity index (χ0v) is 9.86. The highest BCUT2D eigenvalue weighted by atomic mass is 16.2. The lowest BCUT2D eigenvalue weighted by molar-refractivity contribution is -0.117. The number of aryl methyl sites for hydroxylation is 1. The van der Waals surface area contributed by atoms with Crippen LogP contribution in [-0.2, 0) is 4.79 Å². The van der Waals surface area contributed by atoms with Gasteiger partial charge in [0, 0.05) is 18.8 Å². The van der Waals surface area contributed by atoms with Gasteiger partial charge >= 0.3 is 0 Å². The molecule has 86 valence electrons. The maximum Gasteiger partial charge on any atom is 0.240 e. The van der Waals surface area contributed by atoms with Gasteiger partial charge in [-0.05, 0) is 31.4 Å². The highest BCUT2D eigenvalue weighted by Crippen LogP contribution is 2.20. The smallest absolute Gasteiger partial charge is 0.240 e. The molecule has 1 amide bonds. The van der Waals surface area contributed by atoms with Crippen LogP contribution in [0.5, 0.6) is 0 Å². The van der Waals surface area contributed by atoms with E-state index in [2.05, 4.69) is 5.32 Å². The summed E-state index contributed by atoms with van der Waals surface area (Å²) in [7, 11) is 1.83. The second-order valence-corrected chi connectivity index (χ2v) is 4.39. The van der Waals surface area contributed by atoms with E-state index >= 15 is 0 Å². The average molecular weight is 218 g/mol. The summed E-state index contributed by atoms with van der Waals surface area (Å²) in [6.07, 6.45) is 2.42. The molecule has 1 aromatic rings. The molecule has 0 saturated heterocycles. The van der Waals surface area contributed by atoms with Gasteiger partial charge in [0.05, 0.1) is 6.54 Å². The fourth-order valence-electron chi connectivity index (χ4n) is 1.71. The largest absolute Gasteiger partial charge is 0.314 e. The lowest BCUT2D eigenvalue weighted by atomic mass is 10.2. The van der Waals surface area contributed by atoms with E-state index in [0.717, 1.165) is 11.3 Å². The van der Waals surface area contributed by atoms with E-state index in [1.165, 1.54) is 12.8 Å². The van der Waals surface area contributed by atoms with Crippen molar-refractivity contribution in [1.82, 2.24) is 5.32 Å². The minimum absolute atomic E-state index is 0.126. The van der Waals surface area contributed by atoms with Crippen LogP contribution in [0.3, 0.4) is 0 Å². The highest BCUT2D eigenvalue weighted by molar-refractivity contribution is 5.94. The Labute approximate surface area is 96.5 Å². The van der Waals surface area contributed by atoms with Crippen LogP contribution in [0.25, 0.3) is 0 Å². The molecule has 0 spiro atoms. The molecule has 1 N–H and O–H groups in total. The second-order valence-electron chi connectivity index (χ2n) is 4.39. The molecule has 2 rings (SSSR count). The Morgan fingerprint density at radius 2 is 2.12 bits per heavy atom. The van der Waals surface area contributed by atoms with E-state index in [9.17, 15) is 4.79 Å². The minimum Gasteiger partial charge on any atom is -0.314 e. The Bertz CT molecular complexity index is 385. The quantitative estimate of drug-likeness (QED) is 0.834. The molecule has 0 radical (unpaired) electrons. The third-order valence-corrected chi connectivity index (χ3v) is 2.97. The molecule has 0 unspecified atom stereocenters. The first-order valence-corrected chi connectivity index (χ1v) is 5.74. The van der Waals surface area contributed by atoms with Crippen molar-refractivity contribution in [3.05, 3.63) is 29.8 Å². The zero-order chi connectivity index (χ0) is 11.5. The molecular formula is C13H18N2O. The van der Waals surface area contributed by atoms with Gasteiger partial charge in [0.2, 0.25) is 5.91 Å². The fraction of sp³-hybridized carbons (Fsp3) is 0.462. The summed E-state index contributed by atoms with van der Waals surface area (Å²) in [5, 5.41) is 3.24. The lowest BCUT2D eigenvalue weighted by Gasteiger charge is -2.19. The van der Waals surface area contributed by atoms with Crippen LogP contribution in [0.1, 0.15) is 18.4 Å². The first-order valence-electron chi connectivity index (χ1n) is 5.74. The van der Waals surface area contributed by atoms with Crippen molar-refractivity contribution in [2.24, 2.45) is 0 Å². The van der Waals surface area contributed by atoms with Crippen LogP contribution in [0.15, 0.2) is 24.3 Å². The van der Waals surface area contributed by atoms with Crippen molar-refractivity contribution in [2.45, 2.75) is 25.8 Å². The number of carbonyl (C=O) groups excluding carboxylic acids is 1. The van der Waals surface area contributed by atoms with Crippen LogP contribution in [-0.4, -0.2) is 25.5 Å².